The highest BCUT2D eigenvalue weighted by atomic mass is 35.5. The Morgan fingerprint density at radius 1 is 1.07 bits per heavy atom. The zero-order chi connectivity index (χ0) is 19.7. The summed E-state index contributed by atoms with van der Waals surface area (Å²) in [7, 11) is 0. The molecular weight excluding hydrogens is 437 g/mol. The van der Waals surface area contributed by atoms with Gasteiger partial charge in [0.05, 0.1) is 10.2 Å². The molecule has 0 aliphatic rings. The van der Waals surface area contributed by atoms with Crippen LogP contribution in [0, 0.1) is 0 Å². The van der Waals surface area contributed by atoms with Gasteiger partial charge >= 0.3 is 0 Å². The zero-order valence-electron chi connectivity index (χ0n) is 14.0. The lowest BCUT2D eigenvalue weighted by atomic mass is 10.2. The first kappa shape index (κ1) is 18.9. The molecule has 2 aromatic heterocycles. The Kier molecular flexibility index (Phi) is 5.32. The molecule has 0 spiro atoms. The van der Waals surface area contributed by atoms with Crippen molar-refractivity contribution < 1.29 is 9.21 Å². The molecule has 2 aromatic carbocycles. The van der Waals surface area contributed by atoms with Gasteiger partial charge in [0.1, 0.15) is 5.76 Å². The first-order chi connectivity index (χ1) is 13.5. The summed E-state index contributed by atoms with van der Waals surface area (Å²) in [5.41, 5.74) is 1.57. The number of benzene rings is 2. The lowest BCUT2D eigenvalue weighted by Crippen LogP contribution is -2.33. The molecule has 0 atom stereocenters. The van der Waals surface area contributed by atoms with Gasteiger partial charge in [0, 0.05) is 15.6 Å². The lowest BCUT2D eigenvalue weighted by molar-refractivity contribution is 0.0951. The summed E-state index contributed by atoms with van der Waals surface area (Å²) < 4.78 is 6.53. The van der Waals surface area contributed by atoms with Gasteiger partial charge in [-0.1, -0.05) is 46.7 Å². The van der Waals surface area contributed by atoms with E-state index >= 15 is 0 Å². The van der Waals surface area contributed by atoms with Crippen molar-refractivity contribution in [1.82, 2.24) is 10.3 Å². The highest BCUT2D eigenvalue weighted by Crippen LogP contribution is 2.28. The van der Waals surface area contributed by atoms with Gasteiger partial charge in [0.25, 0.3) is 5.91 Å². The number of anilines is 1. The average Bonchev–Trinajstić information content (AvgIpc) is 3.28. The molecule has 0 saturated heterocycles. The monoisotopic (exact) mass is 447 g/mol. The van der Waals surface area contributed by atoms with Crippen LogP contribution in [-0.4, -0.2) is 16.0 Å². The van der Waals surface area contributed by atoms with E-state index in [0.29, 0.717) is 20.9 Å². The van der Waals surface area contributed by atoms with Crippen LogP contribution in [0.15, 0.2) is 59.0 Å². The summed E-state index contributed by atoms with van der Waals surface area (Å²) in [5, 5.41) is 7.38. The maximum Gasteiger partial charge on any atom is 0.293 e. The first-order valence-electron chi connectivity index (χ1n) is 8.02. The molecule has 5 nitrogen and oxygen atoms in total. The second-order valence-electron chi connectivity index (χ2n) is 5.71. The van der Waals surface area contributed by atoms with Gasteiger partial charge in [-0.05, 0) is 54.7 Å². The van der Waals surface area contributed by atoms with E-state index in [4.69, 9.17) is 39.8 Å². The Bertz CT molecular complexity index is 1200. The van der Waals surface area contributed by atoms with Crippen LogP contribution in [-0.2, 0) is 0 Å². The number of rotatable bonds is 3. The SMILES string of the molecule is O=C(NC(=S)Nc1nc2ccc(Cl)cc2s1)c1ccc(-c2cccc(Cl)c2)o1. The van der Waals surface area contributed by atoms with Gasteiger partial charge in [-0.25, -0.2) is 4.98 Å². The Labute approximate surface area is 179 Å². The number of thiocarbonyl (C=S) groups is 1. The van der Waals surface area contributed by atoms with Gasteiger partial charge in [0.15, 0.2) is 16.0 Å². The molecule has 2 heterocycles. The fourth-order valence-electron chi connectivity index (χ4n) is 2.50. The van der Waals surface area contributed by atoms with Crippen LogP contribution in [0.5, 0.6) is 0 Å². The molecule has 140 valence electrons. The number of fused-ring (bicyclic) bond motifs is 1. The average molecular weight is 448 g/mol. The van der Waals surface area contributed by atoms with Crippen molar-refractivity contribution in [3.05, 3.63) is 70.4 Å². The third-order valence-corrected chi connectivity index (χ3v) is 5.34. The van der Waals surface area contributed by atoms with Gasteiger partial charge in [0.2, 0.25) is 0 Å². The van der Waals surface area contributed by atoms with Crippen molar-refractivity contribution in [3.8, 4) is 11.3 Å². The summed E-state index contributed by atoms with van der Waals surface area (Å²) in [6, 6.07) is 15.9. The number of carbonyl (C=O) groups excluding carboxylic acids is 1. The third-order valence-electron chi connectivity index (χ3n) is 3.74. The Balaban J connectivity index is 1.43. The summed E-state index contributed by atoms with van der Waals surface area (Å²) in [6.07, 6.45) is 0. The van der Waals surface area contributed by atoms with Crippen LogP contribution >= 0.6 is 46.8 Å². The van der Waals surface area contributed by atoms with E-state index in [0.717, 1.165) is 15.8 Å². The van der Waals surface area contributed by atoms with Crippen molar-refractivity contribution in [2.45, 2.75) is 0 Å². The van der Waals surface area contributed by atoms with E-state index in [2.05, 4.69) is 15.6 Å². The van der Waals surface area contributed by atoms with Crippen LogP contribution < -0.4 is 10.6 Å². The summed E-state index contributed by atoms with van der Waals surface area (Å²) >= 11 is 18.6. The van der Waals surface area contributed by atoms with Crippen molar-refractivity contribution in [3.63, 3.8) is 0 Å². The van der Waals surface area contributed by atoms with Crippen molar-refractivity contribution in [2.24, 2.45) is 0 Å². The molecule has 0 fully saturated rings. The van der Waals surface area contributed by atoms with Crippen LogP contribution in [0.4, 0.5) is 5.13 Å². The number of carbonyl (C=O) groups is 1. The maximum atomic E-state index is 12.4. The molecule has 1 amide bonds. The molecular formula is C19H11Cl2N3O2S2. The molecule has 0 aliphatic carbocycles. The zero-order valence-corrected chi connectivity index (χ0v) is 17.2. The molecule has 0 saturated carbocycles. The number of hydrogen-bond acceptors (Lipinski definition) is 5. The number of furan rings is 1. The Hall–Kier alpha value is -2.45. The highest BCUT2D eigenvalue weighted by molar-refractivity contribution is 7.80. The Morgan fingerprint density at radius 2 is 1.89 bits per heavy atom. The number of thiazole rings is 1. The minimum atomic E-state index is -0.463. The number of aromatic nitrogens is 1. The summed E-state index contributed by atoms with van der Waals surface area (Å²) in [5.74, 6) is 0.208. The van der Waals surface area contributed by atoms with E-state index < -0.39 is 5.91 Å². The van der Waals surface area contributed by atoms with Crippen LogP contribution in [0.3, 0.4) is 0 Å². The van der Waals surface area contributed by atoms with Crippen LogP contribution in [0.25, 0.3) is 21.5 Å². The maximum absolute atomic E-state index is 12.4. The summed E-state index contributed by atoms with van der Waals surface area (Å²) in [6.45, 7) is 0. The van der Waals surface area contributed by atoms with E-state index in [1.165, 1.54) is 11.3 Å². The smallest absolute Gasteiger partial charge is 0.293 e. The topological polar surface area (TPSA) is 67.2 Å². The van der Waals surface area contributed by atoms with Crippen LogP contribution in [0.1, 0.15) is 10.6 Å². The minimum Gasteiger partial charge on any atom is -0.451 e. The van der Waals surface area contributed by atoms with Gasteiger partial charge in [-0.3, -0.25) is 10.1 Å². The summed E-state index contributed by atoms with van der Waals surface area (Å²) in [4.78, 5) is 16.8. The normalized spacial score (nSPS) is 10.8. The van der Waals surface area contributed by atoms with Gasteiger partial charge < -0.3 is 9.73 Å². The molecule has 0 radical (unpaired) electrons. The van der Waals surface area contributed by atoms with Gasteiger partial charge in [-0.15, -0.1) is 0 Å². The van der Waals surface area contributed by atoms with E-state index in [9.17, 15) is 4.79 Å². The first-order valence-corrected chi connectivity index (χ1v) is 10.0. The molecule has 0 bridgehead atoms. The van der Waals surface area contributed by atoms with Crippen LogP contribution in [0.2, 0.25) is 10.0 Å². The molecule has 4 aromatic rings. The fourth-order valence-corrected chi connectivity index (χ4v) is 4.09. The highest BCUT2D eigenvalue weighted by Gasteiger charge is 2.15. The number of nitrogens with one attached hydrogen (secondary N) is 2. The number of halogens is 2. The molecule has 9 heteroatoms. The molecule has 0 aliphatic heterocycles. The number of hydrogen-bond donors (Lipinski definition) is 2. The predicted octanol–water partition coefficient (Wildman–Crippen LogP) is 5.99. The molecule has 28 heavy (non-hydrogen) atoms. The Morgan fingerprint density at radius 3 is 2.71 bits per heavy atom. The second kappa shape index (κ2) is 7.89. The third kappa shape index (κ3) is 4.18. The second-order valence-corrected chi connectivity index (χ2v) is 8.03. The fraction of sp³-hybridized carbons (Fsp3) is 0. The predicted molar refractivity (Wildman–Crippen MR) is 117 cm³/mol. The van der Waals surface area contributed by atoms with E-state index in [-0.39, 0.29) is 10.9 Å². The van der Waals surface area contributed by atoms with Crippen molar-refractivity contribution >= 4 is 73.1 Å². The van der Waals surface area contributed by atoms with E-state index in [1.807, 2.05) is 24.3 Å². The molecule has 4 rings (SSSR count). The van der Waals surface area contributed by atoms with E-state index in [1.54, 1.807) is 30.3 Å². The van der Waals surface area contributed by atoms with Crippen molar-refractivity contribution in [1.29, 1.82) is 0 Å². The largest absolute Gasteiger partial charge is 0.451 e. The van der Waals surface area contributed by atoms with Crippen molar-refractivity contribution in [2.75, 3.05) is 5.32 Å². The standard InChI is InChI=1S/C19H11Cl2N3O2S2/c20-11-3-1-2-10(8-11)14-6-7-15(26-14)17(25)23-18(27)24-19-22-13-5-4-12(21)9-16(13)28-19/h1-9H,(H2,22,23,24,25,27). The molecule has 0 unspecified atom stereocenters. The minimum absolute atomic E-state index is 0.121. The number of nitrogens with zero attached hydrogens (tertiary/aromatic N) is 1. The molecule has 2 N–H and O–H groups in total. The number of amides is 1. The quantitative estimate of drug-likeness (QED) is 0.377. The lowest BCUT2D eigenvalue weighted by Gasteiger charge is -2.05. The van der Waals surface area contributed by atoms with Gasteiger partial charge in [-0.2, -0.15) is 0 Å².